The summed E-state index contributed by atoms with van der Waals surface area (Å²) in [5.41, 5.74) is 1.14. The zero-order chi connectivity index (χ0) is 15.2. The molecule has 0 fully saturated rings. The number of nitrogens with one attached hydrogen (secondary N) is 1. The zero-order valence-corrected chi connectivity index (χ0v) is 14.4. The third-order valence-electron chi connectivity index (χ3n) is 3.07. The molecular formula is C16H18BrClN2O. The predicted molar refractivity (Wildman–Crippen MR) is 90.2 cm³/mol. The van der Waals surface area contributed by atoms with Crippen LogP contribution in [0.25, 0.3) is 0 Å². The fraction of sp³-hybridized carbons (Fsp3) is 0.312. The Morgan fingerprint density at radius 2 is 2.14 bits per heavy atom. The van der Waals surface area contributed by atoms with Gasteiger partial charge in [-0.2, -0.15) is 0 Å². The molecule has 0 saturated heterocycles. The second kappa shape index (κ2) is 7.78. The van der Waals surface area contributed by atoms with Crippen LogP contribution in [0, 0.1) is 0 Å². The third kappa shape index (κ3) is 4.70. The van der Waals surface area contributed by atoms with Crippen molar-refractivity contribution in [2.24, 2.45) is 0 Å². The standard InChI is InChI=1S/C16H18BrClN2O/c1-3-7-19-11(2)12-6-8-20-16(9-12)21-15-5-4-13(17)10-14(15)18/h4-6,8-11,19H,3,7H2,1-2H3. The van der Waals surface area contributed by atoms with Gasteiger partial charge in [0.05, 0.1) is 5.02 Å². The smallest absolute Gasteiger partial charge is 0.219 e. The average molecular weight is 370 g/mol. The number of aromatic nitrogens is 1. The maximum Gasteiger partial charge on any atom is 0.219 e. The Bertz CT molecular complexity index is 607. The van der Waals surface area contributed by atoms with Crippen LogP contribution in [0.4, 0.5) is 0 Å². The van der Waals surface area contributed by atoms with Gasteiger partial charge in [-0.1, -0.05) is 34.5 Å². The fourth-order valence-electron chi connectivity index (χ4n) is 1.90. The average Bonchev–Trinajstić information content (AvgIpc) is 2.48. The van der Waals surface area contributed by atoms with Crippen LogP contribution in [-0.4, -0.2) is 11.5 Å². The highest BCUT2D eigenvalue weighted by Crippen LogP contribution is 2.31. The summed E-state index contributed by atoms with van der Waals surface area (Å²) in [6.45, 7) is 5.26. The quantitative estimate of drug-likeness (QED) is 0.745. The van der Waals surface area contributed by atoms with Crippen molar-refractivity contribution >= 4 is 27.5 Å². The van der Waals surface area contributed by atoms with Crippen LogP contribution < -0.4 is 10.1 Å². The van der Waals surface area contributed by atoms with Gasteiger partial charge < -0.3 is 10.1 Å². The van der Waals surface area contributed by atoms with E-state index >= 15 is 0 Å². The van der Waals surface area contributed by atoms with Gasteiger partial charge >= 0.3 is 0 Å². The van der Waals surface area contributed by atoms with E-state index in [-0.39, 0.29) is 6.04 Å². The summed E-state index contributed by atoms with van der Waals surface area (Å²) in [7, 11) is 0. The minimum Gasteiger partial charge on any atom is -0.437 e. The van der Waals surface area contributed by atoms with Crippen molar-refractivity contribution in [1.82, 2.24) is 10.3 Å². The van der Waals surface area contributed by atoms with Gasteiger partial charge in [-0.3, -0.25) is 0 Å². The Morgan fingerprint density at radius 3 is 2.86 bits per heavy atom. The van der Waals surface area contributed by atoms with Crippen LogP contribution >= 0.6 is 27.5 Å². The molecule has 1 atom stereocenters. The number of halogens is 2. The SMILES string of the molecule is CCCNC(C)c1ccnc(Oc2ccc(Br)cc2Cl)c1. The number of hydrogen-bond acceptors (Lipinski definition) is 3. The molecular weight excluding hydrogens is 352 g/mol. The summed E-state index contributed by atoms with van der Waals surface area (Å²) in [6.07, 6.45) is 2.86. The molecule has 21 heavy (non-hydrogen) atoms. The lowest BCUT2D eigenvalue weighted by Gasteiger charge is -2.14. The van der Waals surface area contributed by atoms with Gasteiger partial charge in [0.1, 0.15) is 5.75 Å². The lowest BCUT2D eigenvalue weighted by Crippen LogP contribution is -2.19. The van der Waals surface area contributed by atoms with Crippen molar-refractivity contribution in [2.45, 2.75) is 26.3 Å². The zero-order valence-electron chi connectivity index (χ0n) is 12.1. The first-order valence-electron chi connectivity index (χ1n) is 6.92. The molecule has 0 saturated carbocycles. The predicted octanol–water partition coefficient (Wildman–Crippen LogP) is 5.35. The molecule has 0 bridgehead atoms. The first-order valence-corrected chi connectivity index (χ1v) is 8.09. The Hall–Kier alpha value is -1.10. The van der Waals surface area contributed by atoms with Crippen molar-refractivity contribution in [3.05, 3.63) is 51.6 Å². The van der Waals surface area contributed by atoms with Crippen molar-refractivity contribution in [2.75, 3.05) is 6.54 Å². The second-order valence-corrected chi connectivity index (χ2v) is 6.10. The fourth-order valence-corrected chi connectivity index (χ4v) is 2.61. The third-order valence-corrected chi connectivity index (χ3v) is 3.86. The van der Waals surface area contributed by atoms with Crippen LogP contribution in [-0.2, 0) is 0 Å². The lowest BCUT2D eigenvalue weighted by molar-refractivity contribution is 0.460. The van der Waals surface area contributed by atoms with Crippen LogP contribution in [0.15, 0.2) is 41.0 Å². The summed E-state index contributed by atoms with van der Waals surface area (Å²) in [5, 5.41) is 3.99. The van der Waals surface area contributed by atoms with E-state index in [1.165, 1.54) is 0 Å². The molecule has 1 aromatic heterocycles. The number of pyridine rings is 1. The van der Waals surface area contributed by atoms with Gasteiger partial charge in [0.25, 0.3) is 0 Å². The minimum atomic E-state index is 0.260. The molecule has 5 heteroatoms. The molecule has 0 aliphatic carbocycles. The van der Waals surface area contributed by atoms with Gasteiger partial charge in [0.2, 0.25) is 5.88 Å². The summed E-state index contributed by atoms with van der Waals surface area (Å²) in [5.74, 6) is 1.14. The van der Waals surface area contributed by atoms with Gasteiger partial charge in [-0.05, 0) is 49.7 Å². The van der Waals surface area contributed by atoms with E-state index in [1.54, 1.807) is 12.3 Å². The molecule has 0 radical (unpaired) electrons. The van der Waals surface area contributed by atoms with Crippen LogP contribution in [0.5, 0.6) is 11.6 Å². The van der Waals surface area contributed by atoms with E-state index in [0.29, 0.717) is 16.7 Å². The van der Waals surface area contributed by atoms with Gasteiger partial charge in [-0.15, -0.1) is 0 Å². The monoisotopic (exact) mass is 368 g/mol. The van der Waals surface area contributed by atoms with Gasteiger partial charge in [0, 0.05) is 22.8 Å². The first-order chi connectivity index (χ1) is 10.1. The number of benzene rings is 1. The Balaban J connectivity index is 2.13. The highest BCUT2D eigenvalue weighted by molar-refractivity contribution is 9.10. The normalized spacial score (nSPS) is 12.2. The van der Waals surface area contributed by atoms with Crippen LogP contribution in [0.1, 0.15) is 31.9 Å². The first kappa shape index (κ1) is 16.3. The Morgan fingerprint density at radius 1 is 1.33 bits per heavy atom. The molecule has 0 spiro atoms. The van der Waals surface area contributed by atoms with E-state index in [4.69, 9.17) is 16.3 Å². The molecule has 1 unspecified atom stereocenters. The minimum absolute atomic E-state index is 0.260. The van der Waals surface area contributed by atoms with E-state index in [0.717, 1.165) is 23.0 Å². The molecule has 1 N–H and O–H groups in total. The number of ether oxygens (including phenoxy) is 1. The number of rotatable bonds is 6. The highest BCUT2D eigenvalue weighted by atomic mass is 79.9. The Kier molecular flexibility index (Phi) is 6.03. The van der Waals surface area contributed by atoms with Crippen molar-refractivity contribution in [1.29, 1.82) is 0 Å². The van der Waals surface area contributed by atoms with Crippen molar-refractivity contribution < 1.29 is 4.74 Å². The number of nitrogens with zero attached hydrogens (tertiary/aromatic N) is 1. The lowest BCUT2D eigenvalue weighted by atomic mass is 10.1. The molecule has 1 aromatic carbocycles. The molecule has 2 rings (SSSR count). The van der Waals surface area contributed by atoms with Crippen molar-refractivity contribution in [3.8, 4) is 11.6 Å². The largest absolute Gasteiger partial charge is 0.437 e. The summed E-state index contributed by atoms with van der Waals surface area (Å²) < 4.78 is 6.68. The molecule has 2 aromatic rings. The Labute approximate surface area is 138 Å². The maximum absolute atomic E-state index is 6.16. The molecule has 0 amide bonds. The number of hydrogen-bond donors (Lipinski definition) is 1. The second-order valence-electron chi connectivity index (χ2n) is 4.78. The van der Waals surface area contributed by atoms with E-state index in [1.807, 2.05) is 24.3 Å². The summed E-state index contributed by atoms with van der Waals surface area (Å²) in [6, 6.07) is 9.69. The highest BCUT2D eigenvalue weighted by Gasteiger charge is 2.08. The maximum atomic E-state index is 6.16. The summed E-state index contributed by atoms with van der Waals surface area (Å²) in [4.78, 5) is 4.24. The topological polar surface area (TPSA) is 34.2 Å². The molecule has 3 nitrogen and oxygen atoms in total. The molecule has 0 aliphatic rings. The van der Waals surface area contributed by atoms with E-state index < -0.39 is 0 Å². The van der Waals surface area contributed by atoms with Crippen LogP contribution in [0.2, 0.25) is 5.02 Å². The van der Waals surface area contributed by atoms with Gasteiger partial charge in [-0.25, -0.2) is 4.98 Å². The van der Waals surface area contributed by atoms with E-state index in [2.05, 4.69) is 40.1 Å². The van der Waals surface area contributed by atoms with E-state index in [9.17, 15) is 0 Å². The van der Waals surface area contributed by atoms with Crippen LogP contribution in [0.3, 0.4) is 0 Å². The van der Waals surface area contributed by atoms with Gasteiger partial charge in [0.15, 0.2) is 0 Å². The summed E-state index contributed by atoms with van der Waals surface area (Å²) >= 11 is 9.53. The van der Waals surface area contributed by atoms with Crippen molar-refractivity contribution in [3.63, 3.8) is 0 Å². The molecule has 0 aliphatic heterocycles. The molecule has 112 valence electrons. The molecule has 1 heterocycles.